The second kappa shape index (κ2) is 7.97. The molecular formula is C21H24N2OS2. The van der Waals surface area contributed by atoms with Gasteiger partial charge in [0.2, 0.25) is 0 Å². The van der Waals surface area contributed by atoms with Crippen LogP contribution in [0.15, 0.2) is 40.3 Å². The van der Waals surface area contributed by atoms with Crippen LogP contribution in [0.3, 0.4) is 0 Å². The van der Waals surface area contributed by atoms with Crippen molar-refractivity contribution in [3.8, 4) is 0 Å². The molecule has 0 spiro atoms. The molecule has 0 bridgehead atoms. The first-order valence-corrected chi connectivity index (χ1v) is 11.3. The van der Waals surface area contributed by atoms with E-state index in [1.165, 1.54) is 23.3 Å². The highest BCUT2D eigenvalue weighted by atomic mass is 32.2. The summed E-state index contributed by atoms with van der Waals surface area (Å²) in [6.07, 6.45) is 6.85. The van der Waals surface area contributed by atoms with Gasteiger partial charge in [-0.2, -0.15) is 0 Å². The fraction of sp³-hybridized carbons (Fsp3) is 0.429. The van der Waals surface area contributed by atoms with E-state index in [0.717, 1.165) is 52.4 Å². The number of rotatable bonds is 6. The van der Waals surface area contributed by atoms with E-state index in [2.05, 4.69) is 19.1 Å². The molecule has 0 amide bonds. The Balaban J connectivity index is 1.83. The Bertz CT molecular complexity index is 960. The third-order valence-electron chi connectivity index (χ3n) is 4.95. The summed E-state index contributed by atoms with van der Waals surface area (Å²) in [5, 5.41) is 1.76. The second-order valence-electron chi connectivity index (χ2n) is 6.86. The lowest BCUT2D eigenvalue weighted by molar-refractivity contribution is 0.655. The SMILES string of the molecule is CCCCSc1nc2sc3c(c2c(=O)n1Cc1ccccc1)CCCC3. The average Bonchev–Trinajstić information content (AvgIpc) is 3.04. The summed E-state index contributed by atoms with van der Waals surface area (Å²) in [4.78, 5) is 20.7. The summed E-state index contributed by atoms with van der Waals surface area (Å²) in [7, 11) is 0. The minimum atomic E-state index is 0.150. The lowest BCUT2D eigenvalue weighted by Gasteiger charge is -2.13. The Labute approximate surface area is 162 Å². The molecule has 0 aliphatic heterocycles. The molecule has 1 aromatic carbocycles. The lowest BCUT2D eigenvalue weighted by atomic mass is 9.97. The molecule has 4 rings (SSSR count). The zero-order valence-electron chi connectivity index (χ0n) is 15.2. The van der Waals surface area contributed by atoms with E-state index in [0.29, 0.717) is 6.54 Å². The van der Waals surface area contributed by atoms with Crippen molar-refractivity contribution < 1.29 is 0 Å². The molecule has 0 N–H and O–H groups in total. The van der Waals surface area contributed by atoms with E-state index < -0.39 is 0 Å². The van der Waals surface area contributed by atoms with E-state index >= 15 is 0 Å². The lowest BCUT2D eigenvalue weighted by Crippen LogP contribution is -2.24. The Hall–Kier alpha value is -1.59. The van der Waals surface area contributed by atoms with Crippen molar-refractivity contribution in [1.82, 2.24) is 9.55 Å². The predicted octanol–water partition coefficient (Wildman–Crippen LogP) is 5.28. The van der Waals surface area contributed by atoms with Crippen LogP contribution in [0.25, 0.3) is 10.2 Å². The number of benzene rings is 1. The fourth-order valence-electron chi connectivity index (χ4n) is 3.54. The number of fused-ring (bicyclic) bond motifs is 3. The summed E-state index contributed by atoms with van der Waals surface area (Å²) in [5.74, 6) is 1.01. The van der Waals surface area contributed by atoms with Gasteiger partial charge in [-0.3, -0.25) is 9.36 Å². The number of thiophene rings is 1. The topological polar surface area (TPSA) is 34.9 Å². The first-order valence-electron chi connectivity index (χ1n) is 9.49. The van der Waals surface area contributed by atoms with E-state index in [1.54, 1.807) is 23.1 Å². The molecular weight excluding hydrogens is 360 g/mol. The number of hydrogen-bond donors (Lipinski definition) is 0. The normalized spacial score (nSPS) is 13.9. The third kappa shape index (κ3) is 3.47. The molecule has 0 saturated carbocycles. The summed E-state index contributed by atoms with van der Waals surface area (Å²) < 4.78 is 1.90. The van der Waals surface area contributed by atoms with Gasteiger partial charge < -0.3 is 0 Å². The van der Waals surface area contributed by atoms with Gasteiger partial charge in [0, 0.05) is 10.6 Å². The molecule has 26 heavy (non-hydrogen) atoms. The molecule has 1 aliphatic rings. The fourth-order valence-corrected chi connectivity index (χ4v) is 5.93. The minimum absolute atomic E-state index is 0.150. The predicted molar refractivity (Wildman–Crippen MR) is 112 cm³/mol. The van der Waals surface area contributed by atoms with E-state index in [4.69, 9.17) is 4.98 Å². The van der Waals surface area contributed by atoms with Crippen molar-refractivity contribution in [2.75, 3.05) is 5.75 Å². The van der Waals surface area contributed by atoms with Crippen LogP contribution < -0.4 is 5.56 Å². The van der Waals surface area contributed by atoms with Crippen molar-refractivity contribution in [1.29, 1.82) is 0 Å². The largest absolute Gasteiger partial charge is 0.283 e. The van der Waals surface area contributed by atoms with Crippen molar-refractivity contribution in [3.05, 3.63) is 56.7 Å². The molecule has 136 valence electrons. The first-order chi connectivity index (χ1) is 12.8. The monoisotopic (exact) mass is 384 g/mol. The molecule has 2 aromatic heterocycles. The Kier molecular flexibility index (Phi) is 5.46. The van der Waals surface area contributed by atoms with Gasteiger partial charge in [-0.15, -0.1) is 11.3 Å². The highest BCUT2D eigenvalue weighted by Gasteiger charge is 2.22. The molecule has 1 aliphatic carbocycles. The molecule has 3 nitrogen and oxygen atoms in total. The maximum absolute atomic E-state index is 13.4. The van der Waals surface area contributed by atoms with Gasteiger partial charge in [-0.1, -0.05) is 55.4 Å². The number of unbranched alkanes of at least 4 members (excludes halogenated alkanes) is 1. The van der Waals surface area contributed by atoms with Crippen LogP contribution in [-0.2, 0) is 19.4 Å². The smallest absolute Gasteiger partial charge is 0.263 e. The molecule has 0 saturated heterocycles. The number of hydrogen-bond acceptors (Lipinski definition) is 4. The van der Waals surface area contributed by atoms with Crippen molar-refractivity contribution in [2.45, 2.75) is 57.1 Å². The summed E-state index contributed by atoms with van der Waals surface area (Å²) in [6, 6.07) is 10.2. The quantitative estimate of drug-likeness (QED) is 0.330. The van der Waals surface area contributed by atoms with Crippen molar-refractivity contribution in [2.24, 2.45) is 0 Å². The zero-order valence-corrected chi connectivity index (χ0v) is 16.8. The third-order valence-corrected chi connectivity index (χ3v) is 7.20. The van der Waals surface area contributed by atoms with Gasteiger partial charge in [0.25, 0.3) is 5.56 Å². The zero-order chi connectivity index (χ0) is 17.9. The summed E-state index contributed by atoms with van der Waals surface area (Å²) >= 11 is 3.47. The maximum atomic E-state index is 13.4. The van der Waals surface area contributed by atoms with Gasteiger partial charge in [0.1, 0.15) is 4.83 Å². The van der Waals surface area contributed by atoms with E-state index in [9.17, 15) is 4.79 Å². The molecule has 0 unspecified atom stereocenters. The second-order valence-corrected chi connectivity index (χ2v) is 9.01. The van der Waals surface area contributed by atoms with Crippen LogP contribution in [-0.4, -0.2) is 15.3 Å². The highest BCUT2D eigenvalue weighted by molar-refractivity contribution is 7.99. The molecule has 0 atom stereocenters. The molecule has 0 radical (unpaired) electrons. The van der Waals surface area contributed by atoms with Crippen LogP contribution in [0, 0.1) is 0 Å². The summed E-state index contributed by atoms with van der Waals surface area (Å²) in [6.45, 7) is 2.79. The van der Waals surface area contributed by atoms with Crippen LogP contribution in [0.5, 0.6) is 0 Å². The van der Waals surface area contributed by atoms with Crippen LogP contribution in [0.2, 0.25) is 0 Å². The van der Waals surface area contributed by atoms with Gasteiger partial charge in [-0.05, 0) is 43.2 Å². The van der Waals surface area contributed by atoms with Crippen LogP contribution >= 0.6 is 23.1 Å². The number of nitrogens with zero attached hydrogens (tertiary/aromatic N) is 2. The minimum Gasteiger partial charge on any atom is -0.283 e. The van der Waals surface area contributed by atoms with Gasteiger partial charge in [0.05, 0.1) is 11.9 Å². The first kappa shape index (κ1) is 17.8. The van der Waals surface area contributed by atoms with Crippen molar-refractivity contribution in [3.63, 3.8) is 0 Å². The maximum Gasteiger partial charge on any atom is 0.263 e. The van der Waals surface area contributed by atoms with Crippen LogP contribution in [0.4, 0.5) is 0 Å². The van der Waals surface area contributed by atoms with Crippen LogP contribution in [0.1, 0.15) is 48.6 Å². The molecule has 5 heteroatoms. The van der Waals surface area contributed by atoms with Crippen molar-refractivity contribution >= 4 is 33.3 Å². The molecule has 3 aromatic rings. The Morgan fingerprint density at radius 3 is 2.81 bits per heavy atom. The molecule has 2 heterocycles. The van der Waals surface area contributed by atoms with Gasteiger partial charge in [-0.25, -0.2) is 4.98 Å². The van der Waals surface area contributed by atoms with Gasteiger partial charge in [0.15, 0.2) is 5.16 Å². The Morgan fingerprint density at radius 2 is 2.00 bits per heavy atom. The molecule has 0 fully saturated rings. The standard InChI is InChI=1S/C21H24N2OS2/c1-2-3-13-25-21-22-19-18(16-11-7-8-12-17(16)26-19)20(24)23(21)14-15-9-5-4-6-10-15/h4-6,9-10H,2-3,7-8,11-14H2,1H3. The van der Waals surface area contributed by atoms with E-state index in [1.807, 2.05) is 22.8 Å². The number of aromatic nitrogens is 2. The Morgan fingerprint density at radius 1 is 1.19 bits per heavy atom. The summed E-state index contributed by atoms with van der Waals surface area (Å²) in [5.41, 5.74) is 2.58. The average molecular weight is 385 g/mol. The number of thioether (sulfide) groups is 1. The highest BCUT2D eigenvalue weighted by Crippen LogP contribution is 2.34. The van der Waals surface area contributed by atoms with E-state index in [-0.39, 0.29) is 5.56 Å². The van der Waals surface area contributed by atoms with Gasteiger partial charge >= 0.3 is 0 Å². The number of aryl methyl sites for hydroxylation is 2.